The maximum Gasteiger partial charge on any atom is 0.271 e. The lowest BCUT2D eigenvalue weighted by Crippen LogP contribution is -2.45. The molecule has 1 saturated heterocycles. The lowest BCUT2D eigenvalue weighted by atomic mass is 10.0. The molecule has 4 amide bonds. The number of nitrogens with one attached hydrogen (secondary N) is 4. The van der Waals surface area contributed by atoms with Gasteiger partial charge in [-0.1, -0.05) is 44.2 Å². The lowest BCUT2D eigenvalue weighted by molar-refractivity contribution is -0.133. The van der Waals surface area contributed by atoms with Crippen molar-refractivity contribution in [1.29, 1.82) is 0 Å². The first-order valence-electron chi connectivity index (χ1n) is 16.1. The number of rotatable bonds is 5. The summed E-state index contributed by atoms with van der Waals surface area (Å²) in [6, 6.07) is 8.80. The number of hydrogen-bond acceptors (Lipinski definition) is 9. The number of benzene rings is 1. The lowest BCUT2D eigenvalue weighted by Gasteiger charge is -2.26. The Bertz CT molecular complexity index is 1490. The number of nitrogens with zero attached hydrogens (tertiary/aromatic N) is 3. The van der Waals surface area contributed by atoms with E-state index in [4.69, 9.17) is 0 Å². The van der Waals surface area contributed by atoms with Crippen LogP contribution >= 0.6 is 22.7 Å². The summed E-state index contributed by atoms with van der Waals surface area (Å²) in [5.41, 5.74) is 1.58. The van der Waals surface area contributed by atoms with E-state index < -0.39 is 6.04 Å². The summed E-state index contributed by atoms with van der Waals surface area (Å²) >= 11 is 2.68. The van der Waals surface area contributed by atoms with Gasteiger partial charge in [0.1, 0.15) is 21.4 Å². The molecular formula is C33H43N7O4S2. The van der Waals surface area contributed by atoms with Crippen LogP contribution in [0.1, 0.15) is 101 Å². The molecule has 46 heavy (non-hydrogen) atoms. The van der Waals surface area contributed by atoms with Crippen molar-refractivity contribution in [3.63, 3.8) is 0 Å². The SMILES string of the molecule is CC(C)CC1NC(=O)CCCN(C(=O)[C@H]2CCCN2)CCCNC(=O)c2csc(n2)[C@H](Cc2ccccc2)NC(=O)c2csc1n2. The van der Waals surface area contributed by atoms with Crippen LogP contribution in [-0.2, 0) is 16.0 Å². The zero-order chi connectivity index (χ0) is 32.5. The van der Waals surface area contributed by atoms with Crippen molar-refractivity contribution >= 4 is 46.3 Å². The third kappa shape index (κ3) is 9.20. The van der Waals surface area contributed by atoms with Gasteiger partial charge in [0.15, 0.2) is 0 Å². The number of fused-ring (bicyclic) bond motifs is 4. The first-order chi connectivity index (χ1) is 22.3. The summed E-state index contributed by atoms with van der Waals surface area (Å²) < 4.78 is 0. The van der Waals surface area contributed by atoms with Gasteiger partial charge >= 0.3 is 0 Å². The molecule has 1 unspecified atom stereocenters. The molecule has 4 heterocycles. The second-order valence-corrected chi connectivity index (χ2v) is 14.1. The molecule has 11 nitrogen and oxygen atoms in total. The molecule has 0 aliphatic carbocycles. The number of thiazole rings is 2. The van der Waals surface area contributed by atoms with Gasteiger partial charge in [-0.05, 0) is 56.6 Å². The third-order valence-electron chi connectivity index (χ3n) is 8.13. The van der Waals surface area contributed by atoms with Gasteiger partial charge in [0, 0.05) is 36.8 Å². The molecule has 1 fully saturated rings. The van der Waals surface area contributed by atoms with E-state index in [-0.39, 0.29) is 47.8 Å². The number of carbonyl (C=O) groups is 4. The maximum atomic E-state index is 13.5. The quantitative estimate of drug-likeness (QED) is 0.322. The largest absolute Gasteiger partial charge is 0.351 e. The average Bonchev–Trinajstić information content (AvgIpc) is 3.83. The first kappa shape index (κ1) is 33.7. The van der Waals surface area contributed by atoms with Gasteiger partial charge in [-0.25, -0.2) is 9.97 Å². The van der Waals surface area contributed by atoms with Gasteiger partial charge < -0.3 is 26.2 Å². The monoisotopic (exact) mass is 665 g/mol. The predicted octanol–water partition coefficient (Wildman–Crippen LogP) is 4.01. The van der Waals surface area contributed by atoms with E-state index in [1.54, 1.807) is 10.8 Å². The zero-order valence-electron chi connectivity index (χ0n) is 26.4. The van der Waals surface area contributed by atoms with Crippen LogP contribution in [0.25, 0.3) is 0 Å². The fraction of sp³-hybridized carbons (Fsp3) is 0.515. The van der Waals surface area contributed by atoms with Crippen LogP contribution in [0, 0.1) is 5.92 Å². The Morgan fingerprint density at radius 1 is 0.891 bits per heavy atom. The van der Waals surface area contributed by atoms with Crippen molar-refractivity contribution in [2.45, 2.75) is 76.9 Å². The van der Waals surface area contributed by atoms with Gasteiger partial charge in [-0.2, -0.15) is 0 Å². The van der Waals surface area contributed by atoms with Crippen LogP contribution in [0.2, 0.25) is 0 Å². The average molecular weight is 666 g/mol. The minimum atomic E-state index is -0.476. The van der Waals surface area contributed by atoms with Gasteiger partial charge in [-0.3, -0.25) is 19.2 Å². The van der Waals surface area contributed by atoms with Crippen LogP contribution in [0.15, 0.2) is 41.1 Å². The van der Waals surface area contributed by atoms with E-state index in [0.717, 1.165) is 24.9 Å². The Hall–Kier alpha value is -3.68. The molecule has 0 saturated carbocycles. The second-order valence-electron chi connectivity index (χ2n) is 12.3. The standard InChI is InChI=1S/C33H43N7O4S2/c1-21(2)17-24-31-39-27(20-46-31)30(43)37-25(18-22-9-4-3-5-10-22)32-38-26(19-45-32)29(42)35-14-8-16-40(15-7-12-28(41)36-24)33(44)23-11-6-13-34-23/h3-5,9-10,19-21,23-25,34H,6-8,11-18H2,1-2H3,(H,35,42)(H,36,41)(H,37,43)/t23-,24?,25+/m1/s1. The molecule has 0 radical (unpaired) electrons. The number of carbonyl (C=O) groups excluding carboxylic acids is 4. The molecule has 13 heteroatoms. The van der Waals surface area contributed by atoms with Crippen molar-refractivity contribution in [3.8, 4) is 0 Å². The highest BCUT2D eigenvalue weighted by Gasteiger charge is 2.28. The highest BCUT2D eigenvalue weighted by atomic mass is 32.1. The summed E-state index contributed by atoms with van der Waals surface area (Å²) in [5, 5.41) is 17.2. The van der Waals surface area contributed by atoms with E-state index >= 15 is 0 Å². The second kappa shape index (κ2) is 16.2. The van der Waals surface area contributed by atoms with E-state index in [1.165, 1.54) is 22.7 Å². The summed E-state index contributed by atoms with van der Waals surface area (Å²) in [4.78, 5) is 64.1. The fourth-order valence-corrected chi connectivity index (χ4v) is 7.50. The molecule has 4 N–H and O–H groups in total. The highest BCUT2D eigenvalue weighted by Crippen LogP contribution is 2.27. The van der Waals surface area contributed by atoms with Crippen LogP contribution < -0.4 is 21.3 Å². The Kier molecular flexibility index (Phi) is 11.9. The minimum absolute atomic E-state index is 0.0430. The molecule has 3 aromatic rings. The van der Waals surface area contributed by atoms with Crippen molar-refractivity contribution in [2.24, 2.45) is 5.92 Å². The maximum absolute atomic E-state index is 13.5. The molecule has 1 aromatic carbocycles. The molecule has 2 aromatic heterocycles. The number of hydrogen-bond donors (Lipinski definition) is 4. The van der Waals surface area contributed by atoms with Crippen molar-refractivity contribution in [1.82, 2.24) is 36.1 Å². The van der Waals surface area contributed by atoms with Crippen LogP contribution in [-0.4, -0.2) is 70.7 Å². The van der Waals surface area contributed by atoms with Gasteiger partial charge in [0.05, 0.1) is 18.1 Å². The molecule has 246 valence electrons. The van der Waals surface area contributed by atoms with E-state index in [9.17, 15) is 19.2 Å². The topological polar surface area (TPSA) is 145 Å². The summed E-state index contributed by atoms with van der Waals surface area (Å²) in [6.45, 7) is 6.30. The summed E-state index contributed by atoms with van der Waals surface area (Å²) in [6.07, 6.45) is 4.28. The molecule has 2 aliphatic heterocycles. The molecule has 4 bridgehead atoms. The smallest absolute Gasteiger partial charge is 0.271 e. The number of aromatic nitrogens is 2. The third-order valence-corrected chi connectivity index (χ3v) is 10.0. The van der Waals surface area contributed by atoms with E-state index in [1.807, 2.05) is 35.2 Å². The molecule has 0 spiro atoms. The Balaban J connectivity index is 1.40. The van der Waals surface area contributed by atoms with Crippen LogP contribution in [0.3, 0.4) is 0 Å². The minimum Gasteiger partial charge on any atom is -0.351 e. The van der Waals surface area contributed by atoms with Crippen molar-refractivity contribution in [2.75, 3.05) is 26.2 Å². The van der Waals surface area contributed by atoms with Gasteiger partial charge in [-0.15, -0.1) is 22.7 Å². The first-order valence-corrected chi connectivity index (χ1v) is 17.9. The molecular weight excluding hydrogens is 623 g/mol. The van der Waals surface area contributed by atoms with Crippen molar-refractivity contribution in [3.05, 3.63) is 68.1 Å². The number of amides is 4. The molecule has 3 atom stereocenters. The van der Waals surface area contributed by atoms with Crippen molar-refractivity contribution < 1.29 is 19.2 Å². The van der Waals surface area contributed by atoms with E-state index in [2.05, 4.69) is 45.1 Å². The Morgan fingerprint density at radius 3 is 2.28 bits per heavy atom. The van der Waals surface area contributed by atoms with Gasteiger partial charge in [0.25, 0.3) is 11.8 Å². The predicted molar refractivity (Wildman–Crippen MR) is 179 cm³/mol. The Labute approximate surface area is 278 Å². The van der Waals surface area contributed by atoms with Gasteiger partial charge in [0.2, 0.25) is 11.8 Å². The molecule has 5 rings (SSSR count). The normalized spacial score (nSPS) is 22.1. The summed E-state index contributed by atoms with van der Waals surface area (Å²) in [5.74, 6) is -0.420. The Morgan fingerprint density at radius 2 is 1.59 bits per heavy atom. The van der Waals surface area contributed by atoms with Crippen LogP contribution in [0.4, 0.5) is 0 Å². The zero-order valence-corrected chi connectivity index (χ0v) is 28.1. The van der Waals surface area contributed by atoms with E-state index in [0.29, 0.717) is 66.9 Å². The highest BCUT2D eigenvalue weighted by molar-refractivity contribution is 7.10. The molecule has 2 aliphatic rings. The fourth-order valence-electron chi connectivity index (χ4n) is 5.79. The van der Waals surface area contributed by atoms with Crippen LogP contribution in [0.5, 0.6) is 0 Å². The summed E-state index contributed by atoms with van der Waals surface area (Å²) in [7, 11) is 0.